The van der Waals surface area contributed by atoms with Crippen LogP contribution in [0.5, 0.6) is 0 Å². The van der Waals surface area contributed by atoms with Crippen LogP contribution in [0, 0.1) is 0 Å². The lowest BCUT2D eigenvalue weighted by Gasteiger charge is -2.30. The van der Waals surface area contributed by atoms with E-state index < -0.39 is 11.6 Å². The van der Waals surface area contributed by atoms with Crippen LogP contribution in [0.1, 0.15) is 65.8 Å². The zero-order chi connectivity index (χ0) is 15.3. The number of rotatable bonds is 6. The van der Waals surface area contributed by atoms with Crippen molar-refractivity contribution in [1.29, 1.82) is 0 Å². The average molecular weight is 313 g/mol. The Morgan fingerprint density at radius 1 is 1.33 bits per heavy atom. The number of methoxy groups -OCH3 is 1. The van der Waals surface area contributed by atoms with Gasteiger partial charge in [-0.15, -0.1) is 11.3 Å². The average Bonchev–Trinajstić information content (AvgIpc) is 2.73. The summed E-state index contributed by atoms with van der Waals surface area (Å²) < 4.78 is 11.2. The lowest BCUT2D eigenvalue weighted by molar-refractivity contribution is -0.0561. The molecule has 1 saturated carbocycles. The highest BCUT2D eigenvalue weighted by atomic mass is 32.1. The fourth-order valence-electron chi connectivity index (χ4n) is 2.94. The van der Waals surface area contributed by atoms with Gasteiger partial charge in [0, 0.05) is 13.7 Å². The highest BCUT2D eigenvalue weighted by Crippen LogP contribution is 2.42. The Morgan fingerprint density at radius 2 is 2.00 bits per heavy atom. The van der Waals surface area contributed by atoms with Crippen molar-refractivity contribution in [1.82, 2.24) is 4.98 Å². The number of carboxylic acid groups (broad SMARTS) is 1. The van der Waals surface area contributed by atoms with Crippen LogP contribution in [0.25, 0.3) is 0 Å². The second-order valence-corrected chi connectivity index (χ2v) is 6.37. The number of hydrogen-bond donors (Lipinski definition) is 1. The first-order valence-corrected chi connectivity index (χ1v) is 8.31. The van der Waals surface area contributed by atoms with Crippen LogP contribution >= 0.6 is 11.3 Å². The number of carboxylic acids is 1. The second kappa shape index (κ2) is 7.33. The molecule has 0 aliphatic heterocycles. The summed E-state index contributed by atoms with van der Waals surface area (Å²) in [4.78, 5) is 16.2. The van der Waals surface area contributed by atoms with Crippen molar-refractivity contribution in [2.75, 3.05) is 13.7 Å². The van der Waals surface area contributed by atoms with Crippen LogP contribution in [0.3, 0.4) is 0 Å². The monoisotopic (exact) mass is 313 g/mol. The van der Waals surface area contributed by atoms with Crippen LogP contribution in [-0.4, -0.2) is 29.8 Å². The molecular formula is C15H23NO4S. The molecule has 0 saturated heterocycles. The van der Waals surface area contributed by atoms with Crippen molar-refractivity contribution in [2.45, 2.75) is 57.7 Å². The van der Waals surface area contributed by atoms with E-state index in [1.165, 1.54) is 24.2 Å². The summed E-state index contributed by atoms with van der Waals surface area (Å²) >= 11 is 1.25. The number of ether oxygens (including phenoxy) is 2. The van der Waals surface area contributed by atoms with Gasteiger partial charge in [0.2, 0.25) is 0 Å². The van der Waals surface area contributed by atoms with E-state index in [9.17, 15) is 9.90 Å². The van der Waals surface area contributed by atoms with Crippen LogP contribution in [0.2, 0.25) is 0 Å². The summed E-state index contributed by atoms with van der Waals surface area (Å²) in [5.41, 5.74) is 0.0971. The summed E-state index contributed by atoms with van der Waals surface area (Å²) in [5, 5.41) is 10.1. The molecule has 6 heteroatoms. The van der Waals surface area contributed by atoms with Gasteiger partial charge in [0.05, 0.1) is 12.3 Å². The molecule has 21 heavy (non-hydrogen) atoms. The molecule has 1 aliphatic carbocycles. The van der Waals surface area contributed by atoms with E-state index in [-0.39, 0.29) is 11.5 Å². The molecule has 1 heterocycles. The van der Waals surface area contributed by atoms with E-state index in [2.05, 4.69) is 4.98 Å². The Hall–Kier alpha value is -0.980. The Labute approximate surface area is 129 Å². The van der Waals surface area contributed by atoms with Crippen molar-refractivity contribution >= 4 is 17.3 Å². The molecule has 1 aromatic rings. The van der Waals surface area contributed by atoms with E-state index >= 15 is 0 Å². The van der Waals surface area contributed by atoms with Crippen molar-refractivity contribution in [3.63, 3.8) is 0 Å². The zero-order valence-electron chi connectivity index (χ0n) is 12.7. The van der Waals surface area contributed by atoms with Crippen molar-refractivity contribution < 1.29 is 19.4 Å². The normalized spacial score (nSPS) is 18.4. The maximum atomic E-state index is 11.4. The molecule has 0 amide bonds. The molecule has 1 aliphatic rings. The van der Waals surface area contributed by atoms with Gasteiger partial charge in [-0.3, -0.25) is 0 Å². The summed E-state index contributed by atoms with van der Waals surface area (Å²) in [7, 11) is 1.55. The van der Waals surface area contributed by atoms with Crippen LogP contribution < -0.4 is 0 Å². The Kier molecular flexibility index (Phi) is 5.72. The number of carbonyl (C=O) groups is 1. The summed E-state index contributed by atoms with van der Waals surface area (Å²) in [5.74, 6) is -0.939. The maximum absolute atomic E-state index is 11.4. The van der Waals surface area contributed by atoms with Crippen LogP contribution in [-0.2, 0) is 21.7 Å². The third kappa shape index (κ3) is 3.62. The van der Waals surface area contributed by atoms with Gasteiger partial charge >= 0.3 is 5.97 Å². The molecule has 0 radical (unpaired) electrons. The van der Waals surface area contributed by atoms with Crippen molar-refractivity contribution in [3.8, 4) is 0 Å². The third-order valence-corrected chi connectivity index (χ3v) is 5.17. The summed E-state index contributed by atoms with van der Waals surface area (Å²) in [6.45, 7) is 2.82. The van der Waals surface area contributed by atoms with Gasteiger partial charge in [-0.05, 0) is 19.8 Å². The smallest absolute Gasteiger partial charge is 0.347 e. The van der Waals surface area contributed by atoms with Gasteiger partial charge in [-0.2, -0.15) is 0 Å². The fourth-order valence-corrected chi connectivity index (χ4v) is 4.05. The highest BCUT2D eigenvalue weighted by Gasteiger charge is 2.38. The Morgan fingerprint density at radius 3 is 2.52 bits per heavy atom. The minimum atomic E-state index is -0.939. The van der Waals surface area contributed by atoms with E-state index in [1.54, 1.807) is 7.11 Å². The standard InChI is InChI=1S/C15H23NO4S/c1-3-20-15(8-6-4-5-7-9-15)14-16-11(10-19-2)12(21-14)13(17)18/h3-10H2,1-2H3,(H,17,18). The third-order valence-electron chi connectivity index (χ3n) is 3.89. The predicted octanol–water partition coefficient (Wildman–Crippen LogP) is 3.57. The molecule has 0 unspecified atom stereocenters. The number of hydrogen-bond acceptors (Lipinski definition) is 5. The maximum Gasteiger partial charge on any atom is 0.347 e. The van der Waals surface area contributed by atoms with Gasteiger partial charge in [0.1, 0.15) is 15.5 Å². The van der Waals surface area contributed by atoms with Crippen LogP contribution in [0.15, 0.2) is 0 Å². The van der Waals surface area contributed by atoms with Gasteiger partial charge in [-0.25, -0.2) is 9.78 Å². The van der Waals surface area contributed by atoms with E-state index in [0.717, 1.165) is 30.7 Å². The Bertz CT molecular complexity index is 478. The number of aromatic carboxylic acids is 1. The summed E-state index contributed by atoms with van der Waals surface area (Å²) in [6.07, 6.45) is 6.44. The second-order valence-electron chi connectivity index (χ2n) is 5.37. The molecule has 1 aromatic heterocycles. The molecule has 2 rings (SSSR count). The van der Waals surface area contributed by atoms with Gasteiger partial charge < -0.3 is 14.6 Å². The lowest BCUT2D eigenvalue weighted by Crippen LogP contribution is -2.29. The summed E-state index contributed by atoms with van der Waals surface area (Å²) in [6, 6.07) is 0. The molecule has 0 aromatic carbocycles. The van der Waals surface area contributed by atoms with Gasteiger partial charge in [0.15, 0.2) is 0 Å². The molecule has 118 valence electrons. The van der Waals surface area contributed by atoms with Gasteiger partial charge in [-0.1, -0.05) is 25.7 Å². The first kappa shape index (κ1) is 16.4. The van der Waals surface area contributed by atoms with E-state index in [1.807, 2.05) is 6.92 Å². The highest BCUT2D eigenvalue weighted by molar-refractivity contribution is 7.13. The largest absolute Gasteiger partial charge is 0.477 e. The Balaban J connectivity index is 2.39. The molecule has 5 nitrogen and oxygen atoms in total. The lowest BCUT2D eigenvalue weighted by atomic mass is 9.95. The fraction of sp³-hybridized carbons (Fsp3) is 0.733. The van der Waals surface area contributed by atoms with Crippen LogP contribution in [0.4, 0.5) is 0 Å². The van der Waals surface area contributed by atoms with Crippen molar-refractivity contribution in [2.24, 2.45) is 0 Å². The minimum absolute atomic E-state index is 0.223. The van der Waals surface area contributed by atoms with Gasteiger partial charge in [0.25, 0.3) is 0 Å². The SMILES string of the molecule is CCOC1(c2nc(COC)c(C(=O)O)s2)CCCCCC1. The van der Waals surface area contributed by atoms with E-state index in [4.69, 9.17) is 9.47 Å². The van der Waals surface area contributed by atoms with E-state index in [0.29, 0.717) is 12.3 Å². The molecule has 0 atom stereocenters. The number of aromatic nitrogens is 1. The molecule has 1 fully saturated rings. The number of nitrogens with zero attached hydrogens (tertiary/aromatic N) is 1. The van der Waals surface area contributed by atoms with Crippen molar-refractivity contribution in [3.05, 3.63) is 15.6 Å². The molecule has 1 N–H and O–H groups in total. The minimum Gasteiger partial charge on any atom is -0.477 e. The first-order valence-electron chi connectivity index (χ1n) is 7.49. The molecule has 0 bridgehead atoms. The quantitative estimate of drug-likeness (QED) is 0.813. The topological polar surface area (TPSA) is 68.7 Å². The molecule has 0 spiro atoms. The zero-order valence-corrected chi connectivity index (χ0v) is 13.5. The molecular weight excluding hydrogens is 290 g/mol. The first-order chi connectivity index (χ1) is 10.1. The number of thiazole rings is 1. The predicted molar refractivity (Wildman–Crippen MR) is 80.8 cm³/mol.